The second-order valence-electron chi connectivity index (χ2n) is 7.76. The third kappa shape index (κ3) is 6.71. The molecule has 0 N–H and O–H groups in total. The predicted octanol–water partition coefficient (Wildman–Crippen LogP) is 7.86. The van der Waals surface area contributed by atoms with Crippen molar-refractivity contribution in [1.29, 1.82) is 0 Å². The maximum atomic E-state index is 5.42. The second kappa shape index (κ2) is 12.1. The first-order valence-corrected chi connectivity index (χ1v) is 11.5. The highest BCUT2D eigenvalue weighted by molar-refractivity contribution is 5.68. The minimum absolute atomic E-state index is 0.684. The number of nitrogens with zero attached hydrogens (tertiary/aromatic N) is 3. The number of hydrogen-bond donors (Lipinski definition) is 0. The zero-order valence-corrected chi connectivity index (χ0v) is 19.9. The number of rotatable bonds is 5. The van der Waals surface area contributed by atoms with Gasteiger partial charge in [0, 0.05) is 11.1 Å². The zero-order chi connectivity index (χ0) is 24.3. The molecule has 4 nitrogen and oxygen atoms in total. The topological polar surface area (TPSA) is 47.9 Å². The summed E-state index contributed by atoms with van der Waals surface area (Å²) in [6.07, 6.45) is 3.50. The summed E-state index contributed by atoms with van der Waals surface area (Å²) in [7, 11) is 0. The summed E-state index contributed by atoms with van der Waals surface area (Å²) in [6.45, 7) is 3.89. The van der Waals surface area contributed by atoms with E-state index in [0.29, 0.717) is 11.6 Å². The molecule has 0 radical (unpaired) electrons. The van der Waals surface area contributed by atoms with Crippen molar-refractivity contribution >= 4 is 0 Å². The predicted molar refractivity (Wildman–Crippen MR) is 143 cm³/mol. The summed E-state index contributed by atoms with van der Waals surface area (Å²) >= 11 is 0. The van der Waals surface area contributed by atoms with Crippen molar-refractivity contribution in [2.24, 2.45) is 0 Å². The molecule has 0 amide bonds. The molecular formula is C31H27N3O. The molecule has 0 spiro atoms. The quantitative estimate of drug-likeness (QED) is 0.252. The van der Waals surface area contributed by atoms with Crippen molar-refractivity contribution in [2.75, 3.05) is 0 Å². The summed E-state index contributed by atoms with van der Waals surface area (Å²) in [5.41, 5.74) is 4.35. The summed E-state index contributed by atoms with van der Waals surface area (Å²) < 4.78 is 5.42. The molecule has 5 rings (SSSR count). The lowest BCUT2D eigenvalue weighted by atomic mass is 10.0. The van der Waals surface area contributed by atoms with Crippen LogP contribution in [0.3, 0.4) is 0 Å². The lowest BCUT2D eigenvalue weighted by Crippen LogP contribution is -1.95. The number of para-hydroxylation sites is 1. The number of allylic oxidation sites excluding steroid dienone is 2. The molecule has 0 atom stereocenters. The van der Waals surface area contributed by atoms with E-state index in [2.05, 4.69) is 39.2 Å². The molecule has 0 aliphatic heterocycles. The fourth-order valence-corrected chi connectivity index (χ4v) is 3.34. The minimum atomic E-state index is 0.684. The maximum absolute atomic E-state index is 5.42. The van der Waals surface area contributed by atoms with Crippen LogP contribution in [0.2, 0.25) is 0 Å². The summed E-state index contributed by atoms with van der Waals surface area (Å²) in [4.78, 5) is 13.2. The van der Waals surface area contributed by atoms with E-state index in [1.165, 1.54) is 11.1 Å². The molecule has 5 aromatic rings. The van der Waals surface area contributed by atoms with Gasteiger partial charge in [0.15, 0.2) is 11.6 Å². The van der Waals surface area contributed by atoms with E-state index in [4.69, 9.17) is 4.74 Å². The Morgan fingerprint density at radius 3 is 1.54 bits per heavy atom. The highest BCUT2D eigenvalue weighted by atomic mass is 16.5. The Morgan fingerprint density at radius 1 is 0.571 bits per heavy atom. The van der Waals surface area contributed by atoms with Crippen molar-refractivity contribution in [3.63, 3.8) is 0 Å². The third-order valence-corrected chi connectivity index (χ3v) is 5.28. The van der Waals surface area contributed by atoms with Crippen molar-refractivity contribution in [3.05, 3.63) is 133 Å². The second-order valence-corrected chi connectivity index (χ2v) is 7.76. The molecule has 1 heterocycles. The third-order valence-electron chi connectivity index (χ3n) is 5.28. The molecule has 0 saturated carbocycles. The Balaban J connectivity index is 0.000000221. The van der Waals surface area contributed by atoms with Gasteiger partial charge in [-0.25, -0.2) is 15.0 Å². The van der Waals surface area contributed by atoms with Crippen LogP contribution >= 0.6 is 0 Å². The van der Waals surface area contributed by atoms with E-state index in [1.807, 2.05) is 111 Å². The van der Waals surface area contributed by atoms with E-state index < -0.39 is 0 Å². The molecule has 1 aromatic heterocycles. The van der Waals surface area contributed by atoms with Gasteiger partial charge in [0.2, 0.25) is 0 Å². The van der Waals surface area contributed by atoms with E-state index in [0.717, 1.165) is 22.6 Å². The fraction of sp³-hybridized carbons (Fsp3) is 0.0645. The first kappa shape index (κ1) is 23.6. The van der Waals surface area contributed by atoms with Crippen LogP contribution < -0.4 is 4.74 Å². The molecule has 4 heteroatoms. The van der Waals surface area contributed by atoms with E-state index in [-0.39, 0.29) is 0 Å². The molecule has 0 bridgehead atoms. The Morgan fingerprint density at radius 2 is 1.00 bits per heavy atom. The van der Waals surface area contributed by atoms with Crippen LogP contribution in [0.25, 0.3) is 33.9 Å². The van der Waals surface area contributed by atoms with Crippen LogP contribution in [0.4, 0.5) is 0 Å². The molecule has 0 fully saturated rings. The van der Waals surface area contributed by atoms with Crippen LogP contribution in [-0.2, 0) is 0 Å². The largest absolute Gasteiger partial charge is 0.462 e. The van der Waals surface area contributed by atoms with Crippen LogP contribution in [0.1, 0.15) is 13.8 Å². The van der Waals surface area contributed by atoms with E-state index in [9.17, 15) is 0 Å². The zero-order valence-electron chi connectivity index (χ0n) is 19.9. The molecule has 0 saturated heterocycles. The first-order chi connectivity index (χ1) is 17.2. The van der Waals surface area contributed by atoms with Gasteiger partial charge in [0.05, 0.1) is 5.76 Å². The lowest BCUT2D eigenvalue weighted by molar-refractivity contribution is 0.427. The van der Waals surface area contributed by atoms with Gasteiger partial charge in [-0.05, 0) is 43.2 Å². The standard InChI is InChI=1S/C21H15N3.C10H12O/c1-3-7-16(8-4-1)17-11-13-19(14-12-17)21-23-15-22-20(24-21)18-9-5-2-6-10-18;1-3-9(2)11-10-7-5-4-6-8-10/h1-15H;3-8H,1-2H3/b;9-3+. The lowest BCUT2D eigenvalue weighted by Gasteiger charge is -2.05. The highest BCUT2D eigenvalue weighted by Gasteiger charge is 2.06. The Kier molecular flexibility index (Phi) is 8.12. The van der Waals surface area contributed by atoms with Crippen LogP contribution in [-0.4, -0.2) is 15.0 Å². The van der Waals surface area contributed by atoms with Crippen LogP contribution in [0.15, 0.2) is 133 Å². The van der Waals surface area contributed by atoms with Crippen molar-refractivity contribution in [3.8, 4) is 39.7 Å². The van der Waals surface area contributed by atoms with Gasteiger partial charge in [-0.2, -0.15) is 0 Å². The van der Waals surface area contributed by atoms with Crippen LogP contribution in [0, 0.1) is 0 Å². The summed E-state index contributed by atoms with van der Waals surface area (Å²) in [5.74, 6) is 3.19. The van der Waals surface area contributed by atoms with E-state index in [1.54, 1.807) is 6.33 Å². The Bertz CT molecular complexity index is 1350. The number of hydrogen-bond acceptors (Lipinski definition) is 4. The van der Waals surface area contributed by atoms with Gasteiger partial charge < -0.3 is 4.74 Å². The minimum Gasteiger partial charge on any atom is -0.462 e. The monoisotopic (exact) mass is 457 g/mol. The Labute approximate surface area is 206 Å². The van der Waals surface area contributed by atoms with Crippen LogP contribution in [0.5, 0.6) is 5.75 Å². The molecule has 0 aliphatic rings. The highest BCUT2D eigenvalue weighted by Crippen LogP contribution is 2.24. The fourth-order valence-electron chi connectivity index (χ4n) is 3.34. The molecule has 4 aromatic carbocycles. The SMILES string of the molecule is C/C=C(\C)Oc1ccccc1.c1ccc(-c2ccc(-c3ncnc(-c4ccccc4)n3)cc2)cc1. The van der Waals surface area contributed by atoms with Gasteiger partial charge in [-0.1, -0.05) is 103 Å². The summed E-state index contributed by atoms with van der Waals surface area (Å²) in [5, 5.41) is 0. The van der Waals surface area contributed by atoms with Crippen molar-refractivity contribution in [1.82, 2.24) is 15.0 Å². The molecule has 0 aliphatic carbocycles. The molecule has 35 heavy (non-hydrogen) atoms. The number of aromatic nitrogens is 3. The van der Waals surface area contributed by atoms with E-state index >= 15 is 0 Å². The van der Waals surface area contributed by atoms with Gasteiger partial charge in [0.1, 0.15) is 12.1 Å². The number of benzene rings is 4. The van der Waals surface area contributed by atoms with Gasteiger partial charge in [0.25, 0.3) is 0 Å². The molecule has 0 unspecified atom stereocenters. The Hall–Kier alpha value is -4.57. The molecular weight excluding hydrogens is 430 g/mol. The van der Waals surface area contributed by atoms with Gasteiger partial charge >= 0.3 is 0 Å². The smallest absolute Gasteiger partial charge is 0.163 e. The average Bonchev–Trinajstić information content (AvgIpc) is 2.95. The number of ether oxygens (including phenoxy) is 1. The van der Waals surface area contributed by atoms with Crippen molar-refractivity contribution in [2.45, 2.75) is 13.8 Å². The first-order valence-electron chi connectivity index (χ1n) is 11.5. The summed E-state index contributed by atoms with van der Waals surface area (Å²) in [6, 6.07) is 38.3. The van der Waals surface area contributed by atoms with Gasteiger partial charge in [-0.3, -0.25) is 0 Å². The normalized spacial score (nSPS) is 10.7. The molecule has 172 valence electrons. The average molecular weight is 458 g/mol. The van der Waals surface area contributed by atoms with Crippen molar-refractivity contribution < 1.29 is 4.74 Å². The van der Waals surface area contributed by atoms with Gasteiger partial charge in [-0.15, -0.1) is 0 Å². The maximum Gasteiger partial charge on any atom is 0.163 e.